The molecular weight excluding hydrogens is 372 g/mol. The molecule has 2 N–H and O–H groups in total. The second-order valence-electron chi connectivity index (χ2n) is 5.76. The molecule has 0 aliphatic carbocycles. The first-order valence-electron chi connectivity index (χ1n) is 7.97. The van der Waals surface area contributed by atoms with Crippen molar-refractivity contribution in [2.45, 2.75) is 23.6 Å². The molecule has 0 atom stereocenters. The lowest BCUT2D eigenvalue weighted by Gasteiger charge is -2.13. The molecule has 0 aliphatic rings. The van der Waals surface area contributed by atoms with Crippen molar-refractivity contribution in [2.75, 3.05) is 20.2 Å². The number of nitrogens with one attached hydrogen (secondary N) is 2. The highest BCUT2D eigenvalue weighted by atomic mass is 32.2. The summed E-state index contributed by atoms with van der Waals surface area (Å²) in [4.78, 5) is 12.7. The Bertz CT molecular complexity index is 911. The predicted molar refractivity (Wildman–Crippen MR) is 104 cm³/mol. The summed E-state index contributed by atoms with van der Waals surface area (Å²) in [5.41, 5.74) is 2.23. The molecule has 0 saturated carbocycles. The topological polar surface area (TPSA) is 84.5 Å². The fourth-order valence-electron chi connectivity index (χ4n) is 2.33. The highest BCUT2D eigenvalue weighted by molar-refractivity contribution is 7.89. The fourth-order valence-corrected chi connectivity index (χ4v) is 3.86. The van der Waals surface area contributed by atoms with Gasteiger partial charge in [0.05, 0.1) is 12.7 Å². The molecule has 1 amide bonds. The van der Waals surface area contributed by atoms with E-state index >= 15 is 0 Å². The summed E-state index contributed by atoms with van der Waals surface area (Å²) < 4.78 is 32.7. The average Bonchev–Trinajstić information content (AvgIpc) is 2.60. The molecule has 0 heterocycles. The van der Waals surface area contributed by atoms with Crippen molar-refractivity contribution >= 4 is 28.6 Å². The zero-order valence-electron chi connectivity index (χ0n) is 14.9. The summed E-state index contributed by atoms with van der Waals surface area (Å²) in [5, 5.41) is 2.67. The molecule has 2 rings (SSSR count). The number of aryl methyl sites for hydroxylation is 2. The first-order valence-corrected chi connectivity index (χ1v) is 9.90. The van der Waals surface area contributed by atoms with Crippen molar-refractivity contribution in [3.05, 3.63) is 53.1 Å². The predicted octanol–water partition coefficient (Wildman–Crippen LogP) is 2.31. The van der Waals surface area contributed by atoms with Crippen LogP contribution in [0.5, 0.6) is 5.75 Å². The van der Waals surface area contributed by atoms with Crippen LogP contribution >= 0.6 is 12.6 Å². The van der Waals surface area contributed by atoms with Crippen LogP contribution in [-0.2, 0) is 10.0 Å². The Hall–Kier alpha value is -2.03. The number of hydrogen-bond acceptors (Lipinski definition) is 5. The van der Waals surface area contributed by atoms with Crippen molar-refractivity contribution in [1.82, 2.24) is 10.0 Å². The number of carbonyl (C=O) groups is 1. The van der Waals surface area contributed by atoms with Crippen LogP contribution in [0.15, 0.2) is 46.2 Å². The quantitative estimate of drug-likeness (QED) is 0.497. The Kier molecular flexibility index (Phi) is 6.69. The summed E-state index contributed by atoms with van der Waals surface area (Å²) >= 11 is 4.23. The van der Waals surface area contributed by atoms with Gasteiger partial charge in [-0.1, -0.05) is 12.1 Å². The third kappa shape index (κ3) is 4.78. The fraction of sp³-hybridized carbons (Fsp3) is 0.278. The number of rotatable bonds is 7. The highest BCUT2D eigenvalue weighted by Crippen LogP contribution is 2.27. The van der Waals surface area contributed by atoms with E-state index in [1.807, 2.05) is 13.8 Å². The smallest absolute Gasteiger partial charge is 0.252 e. The third-order valence-electron chi connectivity index (χ3n) is 3.92. The van der Waals surface area contributed by atoms with E-state index in [9.17, 15) is 13.2 Å². The molecule has 6 nitrogen and oxygen atoms in total. The SMILES string of the molecule is COc1cc(C)c(C)cc1S(=O)(=O)NCCNC(=O)c1ccccc1S. The molecule has 0 radical (unpaired) electrons. The van der Waals surface area contributed by atoms with Crippen molar-refractivity contribution in [2.24, 2.45) is 0 Å². The molecule has 0 bridgehead atoms. The highest BCUT2D eigenvalue weighted by Gasteiger charge is 2.20. The van der Waals surface area contributed by atoms with Gasteiger partial charge in [-0.2, -0.15) is 0 Å². The lowest BCUT2D eigenvalue weighted by atomic mass is 10.1. The number of thiol groups is 1. The van der Waals surface area contributed by atoms with Crippen LogP contribution in [0.3, 0.4) is 0 Å². The van der Waals surface area contributed by atoms with Gasteiger partial charge < -0.3 is 10.1 Å². The molecule has 26 heavy (non-hydrogen) atoms. The standard InChI is InChI=1S/C18H22N2O4S2/c1-12-10-15(24-3)17(11-13(12)2)26(22,23)20-9-8-19-18(21)14-6-4-5-7-16(14)25/h4-7,10-11,20,25H,8-9H2,1-3H3,(H,19,21). The summed E-state index contributed by atoms with van der Waals surface area (Å²) in [6.45, 7) is 3.92. The van der Waals surface area contributed by atoms with Gasteiger partial charge in [-0.25, -0.2) is 13.1 Å². The van der Waals surface area contributed by atoms with E-state index in [1.165, 1.54) is 7.11 Å². The van der Waals surface area contributed by atoms with E-state index in [1.54, 1.807) is 36.4 Å². The maximum atomic E-state index is 12.5. The van der Waals surface area contributed by atoms with Gasteiger partial charge in [-0.05, 0) is 49.2 Å². The van der Waals surface area contributed by atoms with Crippen LogP contribution in [0.25, 0.3) is 0 Å². The summed E-state index contributed by atoms with van der Waals surface area (Å²) in [5.74, 6) is -0.0211. The van der Waals surface area contributed by atoms with Gasteiger partial charge >= 0.3 is 0 Å². The van der Waals surface area contributed by atoms with E-state index < -0.39 is 10.0 Å². The van der Waals surface area contributed by atoms with Gasteiger partial charge in [0.15, 0.2) is 0 Å². The number of benzene rings is 2. The van der Waals surface area contributed by atoms with Gasteiger partial charge in [-0.3, -0.25) is 4.79 Å². The zero-order chi connectivity index (χ0) is 19.3. The summed E-state index contributed by atoms with van der Waals surface area (Å²) in [6.07, 6.45) is 0. The Morgan fingerprint density at radius 3 is 2.42 bits per heavy atom. The summed E-state index contributed by atoms with van der Waals surface area (Å²) in [7, 11) is -2.33. The van der Waals surface area contributed by atoms with Crippen LogP contribution < -0.4 is 14.8 Å². The lowest BCUT2D eigenvalue weighted by Crippen LogP contribution is -2.35. The summed E-state index contributed by atoms with van der Waals surface area (Å²) in [6, 6.07) is 10.2. The molecular formula is C18H22N2O4S2. The van der Waals surface area contributed by atoms with Crippen molar-refractivity contribution in [3.8, 4) is 5.75 Å². The minimum absolute atomic E-state index is 0.0545. The minimum atomic E-state index is -3.75. The molecule has 140 valence electrons. The maximum absolute atomic E-state index is 12.5. The second kappa shape index (κ2) is 8.57. The van der Waals surface area contributed by atoms with Crippen molar-refractivity contribution in [3.63, 3.8) is 0 Å². The Morgan fingerprint density at radius 2 is 1.77 bits per heavy atom. The van der Waals surface area contributed by atoms with Gasteiger partial charge in [0.2, 0.25) is 10.0 Å². The lowest BCUT2D eigenvalue weighted by molar-refractivity contribution is 0.0951. The number of methoxy groups -OCH3 is 1. The Labute approximate surface area is 159 Å². The number of hydrogen-bond donors (Lipinski definition) is 3. The second-order valence-corrected chi connectivity index (χ2v) is 7.98. The first kappa shape index (κ1) is 20.3. The number of amides is 1. The van der Waals surface area contributed by atoms with Gasteiger partial charge in [0, 0.05) is 18.0 Å². The van der Waals surface area contributed by atoms with Gasteiger partial charge in [0.25, 0.3) is 5.91 Å². The molecule has 0 aromatic heterocycles. The monoisotopic (exact) mass is 394 g/mol. The molecule has 2 aromatic rings. The van der Waals surface area contributed by atoms with Gasteiger partial charge in [-0.15, -0.1) is 12.6 Å². The molecule has 0 spiro atoms. The molecule has 0 fully saturated rings. The normalized spacial score (nSPS) is 11.2. The number of ether oxygens (including phenoxy) is 1. The van der Waals surface area contributed by atoms with E-state index in [4.69, 9.17) is 4.74 Å². The van der Waals surface area contributed by atoms with Crippen LogP contribution in [0.1, 0.15) is 21.5 Å². The minimum Gasteiger partial charge on any atom is -0.495 e. The molecule has 8 heteroatoms. The molecule has 0 unspecified atom stereocenters. The van der Waals surface area contributed by atoms with Crippen LogP contribution in [0.2, 0.25) is 0 Å². The van der Waals surface area contributed by atoms with Gasteiger partial charge in [0.1, 0.15) is 10.6 Å². The average molecular weight is 395 g/mol. The molecule has 0 aliphatic heterocycles. The van der Waals surface area contributed by atoms with E-state index in [2.05, 4.69) is 22.7 Å². The number of sulfonamides is 1. The Morgan fingerprint density at radius 1 is 1.12 bits per heavy atom. The van der Waals surface area contributed by atoms with E-state index in [0.29, 0.717) is 10.5 Å². The van der Waals surface area contributed by atoms with Crippen LogP contribution in [0, 0.1) is 13.8 Å². The maximum Gasteiger partial charge on any atom is 0.252 e. The van der Waals surface area contributed by atoms with Crippen molar-refractivity contribution < 1.29 is 17.9 Å². The number of carbonyl (C=O) groups excluding carboxylic acids is 1. The largest absolute Gasteiger partial charge is 0.495 e. The first-order chi connectivity index (χ1) is 12.3. The Balaban J connectivity index is 2.00. The third-order valence-corrected chi connectivity index (χ3v) is 5.79. The molecule has 2 aromatic carbocycles. The van der Waals surface area contributed by atoms with Crippen LogP contribution in [-0.4, -0.2) is 34.5 Å². The van der Waals surface area contributed by atoms with Crippen LogP contribution in [0.4, 0.5) is 0 Å². The van der Waals surface area contributed by atoms with Crippen molar-refractivity contribution in [1.29, 1.82) is 0 Å². The zero-order valence-corrected chi connectivity index (χ0v) is 16.6. The van der Waals surface area contributed by atoms with E-state index in [-0.39, 0.29) is 29.6 Å². The molecule has 0 saturated heterocycles. The van der Waals surface area contributed by atoms with E-state index in [0.717, 1.165) is 11.1 Å².